The highest BCUT2D eigenvalue weighted by molar-refractivity contribution is 7.47. The Morgan fingerprint density at radius 3 is 0.717 bits per heavy atom. The minimum Gasteiger partial charge on any atom is -0.462 e. The van der Waals surface area contributed by atoms with E-state index in [4.69, 9.17) is 37.0 Å². The normalized spacial score (nSPS) is 14.3. The van der Waals surface area contributed by atoms with Gasteiger partial charge in [0.05, 0.1) is 26.4 Å². The molecule has 0 aliphatic carbocycles. The molecule has 0 spiro atoms. The van der Waals surface area contributed by atoms with Crippen LogP contribution in [0.4, 0.5) is 0 Å². The quantitative estimate of drug-likeness (QED) is 0.0222. The molecule has 588 valence electrons. The van der Waals surface area contributed by atoms with E-state index in [1.165, 1.54) is 205 Å². The maximum Gasteiger partial charge on any atom is 0.472 e. The third kappa shape index (κ3) is 72.8. The smallest absolute Gasteiger partial charge is 0.462 e. The van der Waals surface area contributed by atoms with Gasteiger partial charge in [-0.2, -0.15) is 0 Å². The van der Waals surface area contributed by atoms with Crippen LogP contribution in [0.3, 0.4) is 0 Å². The average molecular weight is 1450 g/mol. The highest BCUT2D eigenvalue weighted by Crippen LogP contribution is 2.45. The van der Waals surface area contributed by atoms with Crippen LogP contribution in [0.15, 0.2) is 0 Å². The van der Waals surface area contributed by atoms with E-state index < -0.39 is 97.5 Å². The van der Waals surface area contributed by atoms with Crippen LogP contribution in [-0.2, 0) is 65.4 Å². The van der Waals surface area contributed by atoms with E-state index in [0.29, 0.717) is 25.7 Å². The van der Waals surface area contributed by atoms with Gasteiger partial charge in [-0.25, -0.2) is 9.13 Å². The van der Waals surface area contributed by atoms with Crippen molar-refractivity contribution in [2.75, 3.05) is 39.6 Å². The molecule has 0 rings (SSSR count). The number of hydrogen-bond acceptors (Lipinski definition) is 15. The van der Waals surface area contributed by atoms with Crippen LogP contribution in [0, 0.1) is 23.7 Å². The van der Waals surface area contributed by atoms with Crippen LogP contribution in [0.1, 0.15) is 409 Å². The summed E-state index contributed by atoms with van der Waals surface area (Å²) >= 11 is 0. The molecule has 99 heavy (non-hydrogen) atoms. The molecule has 0 aliphatic rings. The van der Waals surface area contributed by atoms with Gasteiger partial charge >= 0.3 is 39.5 Å². The fourth-order valence-corrected chi connectivity index (χ4v) is 13.8. The zero-order chi connectivity index (χ0) is 73.1. The molecule has 0 radical (unpaired) electrons. The number of carbonyl (C=O) groups is 4. The SMILES string of the molecule is CCC(C)CCCCCCCCC(=O)OC[C@H](COP(=O)(O)OC[C@H](O)COP(=O)(O)OC[C@@H](COC(=O)CCCCCCCCCCCCCCCCCC(C)C)OC(=O)CCCCCCCCCCCCCCCC(C)C)OC(=O)CCCCCCCCCCCCCCC(C)C. The van der Waals surface area contributed by atoms with E-state index in [-0.39, 0.29) is 25.7 Å². The van der Waals surface area contributed by atoms with Crippen LogP contribution in [0.25, 0.3) is 0 Å². The molecule has 3 unspecified atom stereocenters. The van der Waals surface area contributed by atoms with Gasteiger partial charge < -0.3 is 33.8 Å². The Labute approximate surface area is 607 Å². The number of esters is 4. The molecule has 17 nitrogen and oxygen atoms in total. The lowest BCUT2D eigenvalue weighted by Gasteiger charge is -2.21. The van der Waals surface area contributed by atoms with Crippen molar-refractivity contribution in [1.82, 2.24) is 0 Å². The van der Waals surface area contributed by atoms with Crippen molar-refractivity contribution in [2.45, 2.75) is 427 Å². The van der Waals surface area contributed by atoms with Crippen molar-refractivity contribution >= 4 is 39.5 Å². The molecule has 0 aromatic heterocycles. The zero-order valence-corrected chi connectivity index (χ0v) is 66.9. The first kappa shape index (κ1) is 97.1. The van der Waals surface area contributed by atoms with Crippen molar-refractivity contribution in [3.05, 3.63) is 0 Å². The standard InChI is InChI=1S/C80H156O17P2/c1-9-73(8)59-51-43-38-39-45-53-61-78(83)91-67-76(97-80(85)63-55-47-37-31-25-19-18-22-28-34-42-50-58-72(6)7)69-95-99(88,89)93-65-74(81)64-92-98(86,87)94-68-75(96-79(84)62-54-46-36-30-24-17-13-15-21-27-33-41-49-57-71(4)5)66-90-77(82)60-52-44-35-29-23-16-12-10-11-14-20-26-32-40-48-56-70(2)3/h70-76,81H,9-69H2,1-8H3,(H,86,87)(H,88,89)/t73?,74-,75-,76-/m1/s1. The third-order valence-corrected chi connectivity index (χ3v) is 20.8. The monoisotopic (exact) mass is 1450 g/mol. The van der Waals surface area contributed by atoms with Crippen molar-refractivity contribution in [2.24, 2.45) is 23.7 Å². The van der Waals surface area contributed by atoms with Crippen LogP contribution in [-0.4, -0.2) is 96.7 Å². The van der Waals surface area contributed by atoms with Crippen LogP contribution >= 0.6 is 15.6 Å². The Kier molecular flexibility index (Phi) is 67.8. The van der Waals surface area contributed by atoms with Crippen molar-refractivity contribution < 1.29 is 80.2 Å². The van der Waals surface area contributed by atoms with E-state index in [1.54, 1.807) is 0 Å². The Bertz CT molecular complexity index is 1940. The number of phosphoric ester groups is 2. The summed E-state index contributed by atoms with van der Waals surface area (Å²) in [5, 5.41) is 10.6. The second-order valence-electron chi connectivity index (χ2n) is 30.5. The minimum atomic E-state index is -4.96. The molecule has 0 amide bonds. The van der Waals surface area contributed by atoms with E-state index in [9.17, 15) is 43.2 Å². The largest absolute Gasteiger partial charge is 0.472 e. The van der Waals surface area contributed by atoms with Crippen LogP contribution in [0.5, 0.6) is 0 Å². The topological polar surface area (TPSA) is 237 Å². The Morgan fingerprint density at radius 1 is 0.283 bits per heavy atom. The van der Waals surface area contributed by atoms with Gasteiger partial charge in [0.1, 0.15) is 19.3 Å². The first-order chi connectivity index (χ1) is 47.6. The van der Waals surface area contributed by atoms with Crippen molar-refractivity contribution in [1.29, 1.82) is 0 Å². The average Bonchev–Trinajstić information content (AvgIpc) is 1.09. The van der Waals surface area contributed by atoms with Gasteiger partial charge in [0.2, 0.25) is 0 Å². The number of hydrogen-bond donors (Lipinski definition) is 3. The third-order valence-electron chi connectivity index (χ3n) is 18.9. The summed E-state index contributed by atoms with van der Waals surface area (Å²) < 4.78 is 68.7. The first-order valence-electron chi connectivity index (χ1n) is 41.2. The number of phosphoric acid groups is 2. The van der Waals surface area contributed by atoms with E-state index in [2.05, 4.69) is 55.4 Å². The second-order valence-corrected chi connectivity index (χ2v) is 33.4. The van der Waals surface area contributed by atoms with Crippen LogP contribution < -0.4 is 0 Å². The summed E-state index contributed by atoms with van der Waals surface area (Å²) in [6, 6.07) is 0. The maximum atomic E-state index is 13.1. The molecule has 19 heteroatoms. The fourth-order valence-electron chi connectivity index (χ4n) is 12.2. The Balaban J connectivity index is 5.25. The number of unbranched alkanes of at least 4 members (excludes halogenated alkanes) is 42. The maximum absolute atomic E-state index is 13.1. The Morgan fingerprint density at radius 2 is 0.485 bits per heavy atom. The molecule has 0 aliphatic heterocycles. The summed E-state index contributed by atoms with van der Waals surface area (Å²) in [4.78, 5) is 73.0. The van der Waals surface area contributed by atoms with Gasteiger partial charge in [0, 0.05) is 25.7 Å². The lowest BCUT2D eigenvalue weighted by atomic mass is 10.00. The predicted molar refractivity (Wildman–Crippen MR) is 404 cm³/mol. The summed E-state index contributed by atoms with van der Waals surface area (Å²) in [7, 11) is -9.92. The molecule has 0 fully saturated rings. The fraction of sp³-hybridized carbons (Fsp3) is 0.950. The lowest BCUT2D eigenvalue weighted by Crippen LogP contribution is -2.30. The summed E-state index contributed by atoms with van der Waals surface area (Å²) in [6.45, 7) is 14.3. The number of ether oxygens (including phenoxy) is 4. The highest BCUT2D eigenvalue weighted by atomic mass is 31.2. The van der Waals surface area contributed by atoms with Gasteiger partial charge in [-0.05, 0) is 49.4 Å². The number of rotatable bonds is 77. The van der Waals surface area contributed by atoms with Crippen LogP contribution in [0.2, 0.25) is 0 Å². The molecular formula is C80H156O17P2. The molecular weight excluding hydrogens is 1290 g/mol. The molecule has 0 aromatic carbocycles. The minimum absolute atomic E-state index is 0.106. The number of carbonyl (C=O) groups excluding carboxylic acids is 4. The highest BCUT2D eigenvalue weighted by Gasteiger charge is 2.30. The van der Waals surface area contributed by atoms with E-state index >= 15 is 0 Å². The molecule has 3 N–H and O–H groups in total. The molecule has 0 aromatic rings. The van der Waals surface area contributed by atoms with Gasteiger partial charge in [0.15, 0.2) is 12.2 Å². The molecule has 6 atom stereocenters. The lowest BCUT2D eigenvalue weighted by molar-refractivity contribution is -0.161. The molecule has 0 saturated carbocycles. The predicted octanol–water partition coefficient (Wildman–Crippen LogP) is 23.6. The molecule has 0 bridgehead atoms. The van der Waals surface area contributed by atoms with Crippen molar-refractivity contribution in [3.8, 4) is 0 Å². The molecule has 0 heterocycles. The van der Waals surface area contributed by atoms with E-state index in [1.807, 2.05) is 0 Å². The molecule has 0 saturated heterocycles. The zero-order valence-electron chi connectivity index (χ0n) is 65.1. The van der Waals surface area contributed by atoms with Crippen molar-refractivity contribution in [3.63, 3.8) is 0 Å². The number of aliphatic hydroxyl groups excluding tert-OH is 1. The van der Waals surface area contributed by atoms with Gasteiger partial charge in [-0.3, -0.25) is 37.3 Å². The second kappa shape index (κ2) is 69.1. The van der Waals surface area contributed by atoms with Gasteiger partial charge in [-0.1, -0.05) is 357 Å². The first-order valence-corrected chi connectivity index (χ1v) is 44.2. The van der Waals surface area contributed by atoms with E-state index in [0.717, 1.165) is 120 Å². The summed E-state index contributed by atoms with van der Waals surface area (Å²) in [5.74, 6) is 0.985. The number of aliphatic hydroxyl groups is 1. The Hall–Kier alpha value is -1.94. The van der Waals surface area contributed by atoms with Gasteiger partial charge in [-0.15, -0.1) is 0 Å². The summed E-state index contributed by atoms with van der Waals surface area (Å²) in [6.07, 6.45) is 55.5. The van der Waals surface area contributed by atoms with Gasteiger partial charge in [0.25, 0.3) is 0 Å². The summed E-state index contributed by atoms with van der Waals surface area (Å²) in [5.41, 5.74) is 0.